The van der Waals surface area contributed by atoms with Crippen molar-refractivity contribution < 1.29 is 0 Å². The summed E-state index contributed by atoms with van der Waals surface area (Å²) < 4.78 is 0. The zero-order valence-electron chi connectivity index (χ0n) is 17.3. The molecule has 0 spiro atoms. The van der Waals surface area contributed by atoms with Gasteiger partial charge >= 0.3 is 0 Å². The zero-order chi connectivity index (χ0) is 17.9. The minimum atomic E-state index is 0. The molecule has 0 bridgehead atoms. The average molecular weight is 321 g/mol. The van der Waals surface area contributed by atoms with Crippen LogP contribution >= 0.6 is 0 Å². The Bertz CT molecular complexity index is 427. The van der Waals surface area contributed by atoms with Crippen molar-refractivity contribution >= 4 is 0 Å². The molecule has 1 aromatic carbocycles. The molecule has 0 radical (unpaired) electrons. The van der Waals surface area contributed by atoms with Crippen molar-refractivity contribution in [1.82, 2.24) is 0 Å². The van der Waals surface area contributed by atoms with Crippen molar-refractivity contribution in [3.8, 4) is 0 Å². The van der Waals surface area contributed by atoms with E-state index in [9.17, 15) is 0 Å². The molecule has 0 saturated carbocycles. The maximum absolute atomic E-state index is 2.37. The van der Waals surface area contributed by atoms with Crippen molar-refractivity contribution in [3.63, 3.8) is 0 Å². The lowest BCUT2D eigenvalue weighted by molar-refractivity contribution is 0.469. The van der Waals surface area contributed by atoms with E-state index in [1.807, 2.05) is 0 Å². The van der Waals surface area contributed by atoms with Crippen LogP contribution in [0.5, 0.6) is 0 Å². The molecule has 0 atom stereocenters. The van der Waals surface area contributed by atoms with E-state index in [0.717, 1.165) is 0 Å². The molecule has 1 aromatic rings. The Labute approximate surface area is 148 Å². The van der Waals surface area contributed by atoms with Crippen LogP contribution < -0.4 is 0 Å². The van der Waals surface area contributed by atoms with E-state index in [2.05, 4.69) is 95.2 Å². The van der Waals surface area contributed by atoms with Crippen LogP contribution in [0.2, 0.25) is 0 Å². The molecule has 0 aliphatic heterocycles. The molecular weight excluding hydrogens is 276 g/mol. The van der Waals surface area contributed by atoms with Gasteiger partial charge in [0, 0.05) is 0 Å². The van der Waals surface area contributed by atoms with Gasteiger partial charge in [-0.25, -0.2) is 0 Å². The minimum Gasteiger partial charge on any atom is -0.0776 e. The summed E-state index contributed by atoms with van der Waals surface area (Å²) in [4.78, 5) is 0. The summed E-state index contributed by atoms with van der Waals surface area (Å²) in [5.41, 5.74) is 6.74. The molecule has 0 heteroatoms. The highest BCUT2D eigenvalue weighted by Crippen LogP contribution is 2.37. The minimum absolute atomic E-state index is 0. The largest absolute Gasteiger partial charge is 0.0776 e. The monoisotopic (exact) mass is 320 g/mol. The fourth-order valence-electron chi connectivity index (χ4n) is 2.62. The molecule has 0 heterocycles. The second-order valence-electron chi connectivity index (χ2n) is 9.88. The van der Waals surface area contributed by atoms with Crippen molar-refractivity contribution in [3.05, 3.63) is 34.4 Å². The molecule has 0 amide bonds. The summed E-state index contributed by atoms with van der Waals surface area (Å²) >= 11 is 0. The van der Waals surface area contributed by atoms with Crippen LogP contribution in [0.25, 0.3) is 0 Å². The standard InChI is InChI=1S/C17H28.C5H12.CH4/c1-11(2)14-9-13(5)10-15(12(3)4)16(14)17(6,7)8;1-5(2,3)4;/h9-12H,1-8H3;1-4H3;1H4. The highest BCUT2D eigenvalue weighted by Gasteiger charge is 2.24. The third kappa shape index (κ3) is 9.18. The normalized spacial score (nSPS) is 11.9. The predicted molar refractivity (Wildman–Crippen MR) is 110 cm³/mol. The SMILES string of the molecule is C.CC(C)(C)C.Cc1cc(C(C)C)c(C(C)(C)C)c(C(C)C)c1. The lowest BCUT2D eigenvalue weighted by Crippen LogP contribution is -2.19. The van der Waals surface area contributed by atoms with Crippen LogP contribution in [-0.4, -0.2) is 0 Å². The quantitative estimate of drug-likeness (QED) is 0.514. The van der Waals surface area contributed by atoms with E-state index in [1.165, 1.54) is 16.7 Å². The third-order valence-electron chi connectivity index (χ3n) is 3.34. The van der Waals surface area contributed by atoms with Gasteiger partial charge in [0.05, 0.1) is 0 Å². The van der Waals surface area contributed by atoms with Crippen molar-refractivity contribution in [1.29, 1.82) is 0 Å². The smallest absolute Gasteiger partial charge is 0.0126 e. The molecular formula is C23H44. The van der Waals surface area contributed by atoms with Crippen LogP contribution in [0, 0.1) is 12.3 Å². The van der Waals surface area contributed by atoms with E-state index < -0.39 is 0 Å². The molecule has 0 aliphatic rings. The molecule has 0 unspecified atom stereocenters. The highest BCUT2D eigenvalue weighted by molar-refractivity contribution is 5.46. The second-order valence-corrected chi connectivity index (χ2v) is 9.88. The van der Waals surface area contributed by atoms with Gasteiger partial charge in [-0.2, -0.15) is 0 Å². The molecule has 0 N–H and O–H groups in total. The fourth-order valence-corrected chi connectivity index (χ4v) is 2.62. The van der Waals surface area contributed by atoms with Crippen LogP contribution in [0.4, 0.5) is 0 Å². The summed E-state index contributed by atoms with van der Waals surface area (Å²) in [6, 6.07) is 4.74. The first-order valence-corrected chi connectivity index (χ1v) is 8.79. The van der Waals surface area contributed by atoms with Gasteiger partial charge in [-0.1, -0.05) is 101 Å². The second kappa shape index (κ2) is 8.90. The average Bonchev–Trinajstić information content (AvgIpc) is 2.23. The van der Waals surface area contributed by atoms with Crippen LogP contribution in [0.15, 0.2) is 12.1 Å². The Kier molecular flexibility index (Phi) is 9.47. The van der Waals surface area contributed by atoms with Gasteiger partial charge in [0.2, 0.25) is 0 Å². The Morgan fingerprint density at radius 1 is 0.696 bits per heavy atom. The molecule has 0 saturated heterocycles. The van der Waals surface area contributed by atoms with Gasteiger partial charge in [-0.05, 0) is 46.3 Å². The number of hydrogen-bond donors (Lipinski definition) is 0. The maximum atomic E-state index is 2.37. The number of hydrogen-bond acceptors (Lipinski definition) is 0. The predicted octanol–water partition coefficient (Wildman–Crippen LogP) is 8.23. The first-order chi connectivity index (χ1) is 9.64. The van der Waals surface area contributed by atoms with E-state index >= 15 is 0 Å². The fraction of sp³-hybridized carbons (Fsp3) is 0.739. The molecule has 0 nitrogen and oxygen atoms in total. The van der Waals surface area contributed by atoms with Crippen molar-refractivity contribution in [2.75, 3.05) is 0 Å². The summed E-state index contributed by atoms with van der Waals surface area (Å²) in [5, 5.41) is 0. The molecule has 136 valence electrons. The van der Waals surface area contributed by atoms with Gasteiger partial charge in [-0.3, -0.25) is 0 Å². The van der Waals surface area contributed by atoms with Gasteiger partial charge in [0.15, 0.2) is 0 Å². The van der Waals surface area contributed by atoms with Crippen LogP contribution in [0.1, 0.15) is 118 Å². The lowest BCUT2D eigenvalue weighted by atomic mass is 9.75. The van der Waals surface area contributed by atoms with Crippen LogP contribution in [-0.2, 0) is 5.41 Å². The van der Waals surface area contributed by atoms with Crippen molar-refractivity contribution in [2.24, 2.45) is 5.41 Å². The van der Waals surface area contributed by atoms with Gasteiger partial charge in [0.1, 0.15) is 0 Å². The maximum Gasteiger partial charge on any atom is -0.0126 e. The summed E-state index contributed by atoms with van der Waals surface area (Å²) in [6.45, 7) is 27.1. The van der Waals surface area contributed by atoms with E-state index in [0.29, 0.717) is 17.3 Å². The Hall–Kier alpha value is -0.780. The van der Waals surface area contributed by atoms with Crippen LogP contribution in [0.3, 0.4) is 0 Å². The lowest BCUT2D eigenvalue weighted by Gasteiger charge is -2.30. The number of aryl methyl sites for hydroxylation is 1. The molecule has 0 aromatic heterocycles. The topological polar surface area (TPSA) is 0 Å². The Morgan fingerprint density at radius 3 is 1.13 bits per heavy atom. The summed E-state index contributed by atoms with van der Waals surface area (Å²) in [7, 11) is 0. The molecule has 0 fully saturated rings. The molecule has 0 aliphatic carbocycles. The van der Waals surface area contributed by atoms with Gasteiger partial charge in [0.25, 0.3) is 0 Å². The Balaban J connectivity index is 0. The van der Waals surface area contributed by atoms with E-state index in [4.69, 9.17) is 0 Å². The summed E-state index contributed by atoms with van der Waals surface area (Å²) in [5.74, 6) is 1.20. The van der Waals surface area contributed by atoms with E-state index in [1.54, 1.807) is 5.56 Å². The number of rotatable bonds is 2. The van der Waals surface area contributed by atoms with E-state index in [-0.39, 0.29) is 12.8 Å². The zero-order valence-corrected chi connectivity index (χ0v) is 17.3. The van der Waals surface area contributed by atoms with Gasteiger partial charge < -0.3 is 0 Å². The third-order valence-corrected chi connectivity index (χ3v) is 3.34. The van der Waals surface area contributed by atoms with Crippen molar-refractivity contribution in [2.45, 2.75) is 108 Å². The number of benzene rings is 1. The first kappa shape index (κ1) is 24.5. The molecule has 1 rings (SSSR count). The van der Waals surface area contributed by atoms with Gasteiger partial charge in [-0.15, -0.1) is 0 Å². The Morgan fingerprint density at radius 2 is 0.957 bits per heavy atom. The molecule has 23 heavy (non-hydrogen) atoms. The first-order valence-electron chi connectivity index (χ1n) is 8.79. The highest BCUT2D eigenvalue weighted by atomic mass is 14.3. The summed E-state index contributed by atoms with van der Waals surface area (Å²) in [6.07, 6.45) is 0.